The first-order chi connectivity index (χ1) is 17.0. The summed E-state index contributed by atoms with van der Waals surface area (Å²) in [6, 6.07) is 17.1. The predicted molar refractivity (Wildman–Crippen MR) is 145 cm³/mol. The molecule has 1 fully saturated rings. The standard InChI is InChI=1S/C28H26Cl3N3O/c29-22-5-3-19(4-6-22)2-1-13-33-14-10-20(11-15-33)25-18-34(26-8-7-23(30)17-24(25)26)28(35)21-9-12-32-27(31)16-21/h1-9,12,16-17,20,25H,10-11,13-15,18H2/b2-1+. The molecule has 0 saturated carbocycles. The molecule has 0 N–H and O–H groups in total. The fourth-order valence-electron chi connectivity index (χ4n) is 5.20. The summed E-state index contributed by atoms with van der Waals surface area (Å²) in [7, 11) is 0. The molecule has 2 aromatic carbocycles. The summed E-state index contributed by atoms with van der Waals surface area (Å²) in [5.74, 6) is 0.726. The van der Waals surface area contributed by atoms with Crippen LogP contribution in [0, 0.1) is 5.92 Å². The van der Waals surface area contributed by atoms with Gasteiger partial charge in [0.25, 0.3) is 5.91 Å². The smallest absolute Gasteiger partial charge is 0.258 e. The molecule has 2 aliphatic heterocycles. The number of carbonyl (C=O) groups is 1. The molecule has 1 atom stereocenters. The van der Waals surface area contributed by atoms with Crippen LogP contribution >= 0.6 is 34.8 Å². The van der Waals surface area contributed by atoms with Gasteiger partial charge in [-0.05, 0) is 85.4 Å². The second-order valence-corrected chi connectivity index (χ2v) is 10.4. The van der Waals surface area contributed by atoms with E-state index in [1.807, 2.05) is 47.4 Å². The lowest BCUT2D eigenvalue weighted by atomic mass is 9.81. The van der Waals surface area contributed by atoms with E-state index in [2.05, 4.69) is 22.0 Å². The molecule has 0 bridgehead atoms. The highest BCUT2D eigenvalue weighted by molar-refractivity contribution is 6.31. The van der Waals surface area contributed by atoms with Crippen LogP contribution in [0.3, 0.4) is 0 Å². The van der Waals surface area contributed by atoms with Gasteiger partial charge >= 0.3 is 0 Å². The van der Waals surface area contributed by atoms with Gasteiger partial charge in [0.15, 0.2) is 0 Å². The van der Waals surface area contributed by atoms with Crippen molar-refractivity contribution in [3.05, 3.63) is 98.8 Å². The van der Waals surface area contributed by atoms with Crippen LogP contribution in [0.15, 0.2) is 66.9 Å². The molecule has 180 valence electrons. The highest BCUT2D eigenvalue weighted by Crippen LogP contribution is 2.45. The van der Waals surface area contributed by atoms with Crippen molar-refractivity contribution in [1.29, 1.82) is 0 Å². The number of benzene rings is 2. The van der Waals surface area contributed by atoms with E-state index in [-0.39, 0.29) is 11.8 Å². The molecule has 1 aromatic heterocycles. The summed E-state index contributed by atoms with van der Waals surface area (Å²) in [5.41, 5.74) is 3.83. The Kier molecular flexibility index (Phi) is 7.45. The van der Waals surface area contributed by atoms with E-state index in [1.54, 1.807) is 18.3 Å². The minimum Gasteiger partial charge on any atom is -0.307 e. The van der Waals surface area contributed by atoms with Gasteiger partial charge < -0.3 is 4.90 Å². The fraction of sp³-hybridized carbons (Fsp3) is 0.286. The van der Waals surface area contributed by atoms with E-state index < -0.39 is 0 Å². The zero-order valence-electron chi connectivity index (χ0n) is 19.2. The monoisotopic (exact) mass is 525 g/mol. The predicted octanol–water partition coefficient (Wildman–Crippen LogP) is 7.21. The van der Waals surface area contributed by atoms with Gasteiger partial charge in [-0.15, -0.1) is 0 Å². The number of anilines is 1. The van der Waals surface area contributed by atoms with Crippen LogP contribution in [-0.4, -0.2) is 42.0 Å². The van der Waals surface area contributed by atoms with Crippen LogP contribution in [0.25, 0.3) is 6.08 Å². The van der Waals surface area contributed by atoms with Crippen LogP contribution in [-0.2, 0) is 0 Å². The number of halogens is 3. The Labute approximate surface area is 221 Å². The van der Waals surface area contributed by atoms with E-state index in [0.29, 0.717) is 28.2 Å². The lowest BCUT2D eigenvalue weighted by Crippen LogP contribution is -2.37. The SMILES string of the molecule is O=C(c1ccnc(Cl)c1)N1CC(C2CCN(C/C=C/c3ccc(Cl)cc3)CC2)c2cc(Cl)ccc21. The largest absolute Gasteiger partial charge is 0.307 e. The number of hydrogen-bond acceptors (Lipinski definition) is 3. The number of aromatic nitrogens is 1. The Morgan fingerprint density at radius 1 is 0.971 bits per heavy atom. The lowest BCUT2D eigenvalue weighted by Gasteiger charge is -2.34. The topological polar surface area (TPSA) is 36.4 Å². The van der Waals surface area contributed by atoms with Gasteiger partial charge in [0.1, 0.15) is 5.15 Å². The molecular formula is C28H26Cl3N3O. The Balaban J connectivity index is 1.25. The summed E-state index contributed by atoms with van der Waals surface area (Å²) in [6.45, 7) is 3.66. The average molecular weight is 527 g/mol. The normalized spacial score (nSPS) is 18.8. The molecule has 1 amide bonds. The van der Waals surface area contributed by atoms with Crippen molar-refractivity contribution in [2.75, 3.05) is 31.1 Å². The highest BCUT2D eigenvalue weighted by Gasteiger charge is 2.38. The van der Waals surface area contributed by atoms with E-state index in [1.165, 1.54) is 5.56 Å². The van der Waals surface area contributed by atoms with Gasteiger partial charge in [-0.1, -0.05) is 59.1 Å². The van der Waals surface area contributed by atoms with Crippen molar-refractivity contribution in [3.63, 3.8) is 0 Å². The molecule has 3 heterocycles. The number of carbonyl (C=O) groups excluding carboxylic acids is 1. The second kappa shape index (κ2) is 10.7. The summed E-state index contributed by atoms with van der Waals surface area (Å²) < 4.78 is 0. The van der Waals surface area contributed by atoms with E-state index >= 15 is 0 Å². The van der Waals surface area contributed by atoms with Gasteiger partial charge in [-0.2, -0.15) is 0 Å². The van der Waals surface area contributed by atoms with Gasteiger partial charge in [-0.25, -0.2) is 4.98 Å². The quantitative estimate of drug-likeness (QED) is 0.330. The van der Waals surface area contributed by atoms with Crippen molar-refractivity contribution in [1.82, 2.24) is 9.88 Å². The van der Waals surface area contributed by atoms with Crippen molar-refractivity contribution >= 4 is 52.5 Å². The first-order valence-corrected chi connectivity index (χ1v) is 13.0. The van der Waals surface area contributed by atoms with E-state index in [0.717, 1.165) is 48.7 Å². The van der Waals surface area contributed by atoms with Gasteiger partial charge in [0, 0.05) is 46.5 Å². The molecule has 5 rings (SSSR count). The molecule has 35 heavy (non-hydrogen) atoms. The first kappa shape index (κ1) is 24.3. The zero-order chi connectivity index (χ0) is 24.4. The molecule has 7 heteroatoms. The lowest BCUT2D eigenvalue weighted by molar-refractivity contribution is 0.0985. The van der Waals surface area contributed by atoms with Gasteiger partial charge in [0.05, 0.1) is 0 Å². The summed E-state index contributed by atoms with van der Waals surface area (Å²) in [6.07, 6.45) is 8.12. The van der Waals surface area contributed by atoms with Gasteiger partial charge in [0.2, 0.25) is 0 Å². The van der Waals surface area contributed by atoms with Crippen molar-refractivity contribution in [2.45, 2.75) is 18.8 Å². The maximum atomic E-state index is 13.4. The third-order valence-corrected chi connectivity index (χ3v) is 7.72. The van der Waals surface area contributed by atoms with Crippen molar-refractivity contribution in [2.24, 2.45) is 5.92 Å². The second-order valence-electron chi connectivity index (χ2n) is 9.18. The summed E-state index contributed by atoms with van der Waals surface area (Å²) in [5, 5.41) is 1.78. The van der Waals surface area contributed by atoms with Gasteiger partial charge in [-0.3, -0.25) is 9.69 Å². The van der Waals surface area contributed by atoms with Crippen molar-refractivity contribution in [3.8, 4) is 0 Å². The fourth-order valence-corrected chi connectivity index (χ4v) is 5.68. The Morgan fingerprint density at radius 3 is 2.46 bits per heavy atom. The Bertz CT molecular complexity index is 1240. The Hall–Kier alpha value is -2.37. The minimum absolute atomic E-state index is 0.0508. The number of rotatable bonds is 5. The molecule has 0 spiro atoms. The van der Waals surface area contributed by atoms with Crippen LogP contribution in [0.4, 0.5) is 5.69 Å². The number of nitrogens with zero attached hydrogens (tertiary/aromatic N) is 3. The number of fused-ring (bicyclic) bond motifs is 1. The van der Waals surface area contributed by atoms with Crippen LogP contribution in [0.2, 0.25) is 15.2 Å². The Morgan fingerprint density at radius 2 is 1.71 bits per heavy atom. The molecule has 2 aliphatic rings. The van der Waals surface area contributed by atoms with Crippen molar-refractivity contribution < 1.29 is 4.79 Å². The van der Waals surface area contributed by atoms with E-state index in [9.17, 15) is 4.79 Å². The molecule has 3 aromatic rings. The number of amides is 1. The molecule has 0 aliphatic carbocycles. The third-order valence-electron chi connectivity index (χ3n) is 7.02. The van der Waals surface area contributed by atoms with Crippen LogP contribution < -0.4 is 4.90 Å². The van der Waals surface area contributed by atoms with Crippen LogP contribution in [0.1, 0.15) is 40.2 Å². The molecule has 4 nitrogen and oxygen atoms in total. The molecular weight excluding hydrogens is 501 g/mol. The van der Waals surface area contributed by atoms with Crippen LogP contribution in [0.5, 0.6) is 0 Å². The minimum atomic E-state index is -0.0508. The third kappa shape index (κ3) is 5.57. The molecule has 0 radical (unpaired) electrons. The number of likely N-dealkylation sites (tertiary alicyclic amines) is 1. The number of pyridine rings is 1. The summed E-state index contributed by atoms with van der Waals surface area (Å²) >= 11 is 18.4. The zero-order valence-corrected chi connectivity index (χ0v) is 21.5. The number of hydrogen-bond donors (Lipinski definition) is 0. The maximum absolute atomic E-state index is 13.4. The highest BCUT2D eigenvalue weighted by atomic mass is 35.5. The molecule has 1 saturated heterocycles. The first-order valence-electron chi connectivity index (χ1n) is 11.9. The summed E-state index contributed by atoms with van der Waals surface area (Å²) in [4.78, 5) is 21.7. The van der Waals surface area contributed by atoms with E-state index in [4.69, 9.17) is 34.8 Å². The molecule has 1 unspecified atom stereocenters. The average Bonchev–Trinajstić information content (AvgIpc) is 3.24. The maximum Gasteiger partial charge on any atom is 0.258 e. The number of piperidine rings is 1.